The maximum absolute atomic E-state index is 13.2. The van der Waals surface area contributed by atoms with Crippen LogP contribution in [0.2, 0.25) is 0 Å². The van der Waals surface area contributed by atoms with Crippen LogP contribution in [-0.4, -0.2) is 20.7 Å². The van der Waals surface area contributed by atoms with Crippen molar-refractivity contribution in [3.8, 4) is 5.69 Å². The SMILES string of the molecule is Cc1ccc(C2(NC(=O)c3cncc4c3cnn4-c3ccc(F)cc3)CC2)cc1. The van der Waals surface area contributed by atoms with Gasteiger partial charge in [-0.2, -0.15) is 5.10 Å². The molecule has 0 saturated heterocycles. The third-order valence-corrected chi connectivity index (χ3v) is 5.52. The van der Waals surface area contributed by atoms with E-state index in [-0.39, 0.29) is 17.3 Å². The van der Waals surface area contributed by atoms with Crippen LogP contribution in [0.1, 0.15) is 34.3 Å². The van der Waals surface area contributed by atoms with Crippen LogP contribution in [0.4, 0.5) is 4.39 Å². The van der Waals surface area contributed by atoms with Gasteiger partial charge >= 0.3 is 0 Å². The van der Waals surface area contributed by atoms with E-state index in [1.807, 2.05) is 6.92 Å². The third kappa shape index (κ3) is 3.06. The first-order valence-corrected chi connectivity index (χ1v) is 9.53. The molecule has 0 spiro atoms. The van der Waals surface area contributed by atoms with E-state index in [1.54, 1.807) is 35.4 Å². The van der Waals surface area contributed by atoms with Gasteiger partial charge in [0.1, 0.15) is 5.82 Å². The predicted octanol–water partition coefficient (Wildman–Crippen LogP) is 4.29. The maximum Gasteiger partial charge on any atom is 0.254 e. The number of nitrogens with zero attached hydrogens (tertiary/aromatic N) is 3. The van der Waals surface area contributed by atoms with Crippen molar-refractivity contribution in [2.24, 2.45) is 0 Å². The Morgan fingerprint density at radius 2 is 1.76 bits per heavy atom. The summed E-state index contributed by atoms with van der Waals surface area (Å²) in [5, 5.41) is 8.30. The summed E-state index contributed by atoms with van der Waals surface area (Å²) in [6.07, 6.45) is 6.72. The van der Waals surface area contributed by atoms with Gasteiger partial charge in [-0.05, 0) is 49.6 Å². The molecule has 144 valence electrons. The quantitative estimate of drug-likeness (QED) is 0.569. The largest absolute Gasteiger partial charge is 0.342 e. The number of hydrogen-bond donors (Lipinski definition) is 1. The van der Waals surface area contributed by atoms with Gasteiger partial charge in [-0.15, -0.1) is 0 Å². The van der Waals surface area contributed by atoms with Crippen LogP contribution in [-0.2, 0) is 5.54 Å². The van der Waals surface area contributed by atoms with Gasteiger partial charge < -0.3 is 5.32 Å². The molecule has 2 heterocycles. The normalized spacial score (nSPS) is 14.7. The fourth-order valence-electron chi connectivity index (χ4n) is 3.68. The van der Waals surface area contributed by atoms with Crippen molar-refractivity contribution >= 4 is 16.8 Å². The minimum absolute atomic E-state index is 0.167. The van der Waals surface area contributed by atoms with E-state index in [0.717, 1.165) is 18.4 Å². The minimum Gasteiger partial charge on any atom is -0.342 e. The molecule has 0 atom stereocenters. The second kappa shape index (κ2) is 6.51. The van der Waals surface area contributed by atoms with Crippen molar-refractivity contribution in [3.05, 3.63) is 89.6 Å². The Labute approximate surface area is 167 Å². The molecule has 0 radical (unpaired) electrons. The van der Waals surface area contributed by atoms with Crippen LogP contribution in [0.15, 0.2) is 67.1 Å². The van der Waals surface area contributed by atoms with Crippen molar-refractivity contribution in [2.45, 2.75) is 25.3 Å². The van der Waals surface area contributed by atoms with Crippen molar-refractivity contribution in [3.63, 3.8) is 0 Å². The highest BCUT2D eigenvalue weighted by atomic mass is 19.1. The van der Waals surface area contributed by atoms with Crippen LogP contribution >= 0.6 is 0 Å². The first kappa shape index (κ1) is 17.6. The Bertz CT molecular complexity index is 1210. The fourth-order valence-corrected chi connectivity index (χ4v) is 3.68. The zero-order valence-corrected chi connectivity index (χ0v) is 15.9. The molecule has 1 fully saturated rings. The highest BCUT2D eigenvalue weighted by Crippen LogP contribution is 2.45. The molecule has 5 nitrogen and oxygen atoms in total. The lowest BCUT2D eigenvalue weighted by Crippen LogP contribution is -2.35. The molecule has 0 aliphatic heterocycles. The van der Waals surface area contributed by atoms with Gasteiger partial charge in [0.25, 0.3) is 5.91 Å². The summed E-state index contributed by atoms with van der Waals surface area (Å²) in [4.78, 5) is 17.4. The third-order valence-electron chi connectivity index (χ3n) is 5.52. The molecule has 5 rings (SSSR count). The van der Waals surface area contributed by atoms with Crippen LogP contribution in [0.3, 0.4) is 0 Å². The van der Waals surface area contributed by atoms with Gasteiger partial charge in [0.05, 0.1) is 34.7 Å². The molecular formula is C23H19FN4O. The summed E-state index contributed by atoms with van der Waals surface area (Å²) in [6.45, 7) is 2.05. The number of carbonyl (C=O) groups is 1. The molecule has 4 aromatic rings. The standard InChI is InChI=1S/C23H19FN4O/c1-15-2-4-16(5-3-15)23(10-11-23)27-22(29)20-12-25-14-21-19(20)13-26-28(21)18-8-6-17(24)7-9-18/h2-9,12-14H,10-11H2,1H3,(H,27,29). The maximum atomic E-state index is 13.2. The van der Waals surface area contributed by atoms with E-state index < -0.39 is 0 Å². The number of hydrogen-bond acceptors (Lipinski definition) is 3. The van der Waals surface area contributed by atoms with E-state index in [0.29, 0.717) is 22.2 Å². The monoisotopic (exact) mass is 386 g/mol. The van der Waals surface area contributed by atoms with Gasteiger partial charge in [-0.1, -0.05) is 29.8 Å². The van der Waals surface area contributed by atoms with Crippen LogP contribution in [0.5, 0.6) is 0 Å². The van der Waals surface area contributed by atoms with Crippen molar-refractivity contribution in [1.29, 1.82) is 0 Å². The van der Waals surface area contributed by atoms with Crippen LogP contribution in [0, 0.1) is 12.7 Å². The lowest BCUT2D eigenvalue weighted by Gasteiger charge is -2.18. The van der Waals surface area contributed by atoms with E-state index in [9.17, 15) is 9.18 Å². The number of halogens is 1. The molecule has 6 heteroatoms. The Kier molecular flexibility index (Phi) is 3.94. The molecule has 1 N–H and O–H groups in total. The second-order valence-corrected chi connectivity index (χ2v) is 7.55. The van der Waals surface area contributed by atoms with Gasteiger partial charge in [0.15, 0.2) is 0 Å². The number of aryl methyl sites for hydroxylation is 1. The molecule has 1 aliphatic carbocycles. The van der Waals surface area contributed by atoms with E-state index >= 15 is 0 Å². The van der Waals surface area contributed by atoms with Crippen LogP contribution < -0.4 is 5.32 Å². The van der Waals surface area contributed by atoms with Crippen molar-refractivity contribution in [2.75, 3.05) is 0 Å². The highest BCUT2D eigenvalue weighted by Gasteiger charge is 2.45. The number of rotatable bonds is 4. The Morgan fingerprint density at radius 1 is 1.03 bits per heavy atom. The summed E-state index contributed by atoms with van der Waals surface area (Å²) < 4.78 is 14.9. The Balaban J connectivity index is 1.48. The van der Waals surface area contributed by atoms with E-state index in [2.05, 4.69) is 39.7 Å². The van der Waals surface area contributed by atoms with E-state index in [1.165, 1.54) is 17.7 Å². The highest BCUT2D eigenvalue weighted by molar-refractivity contribution is 6.06. The summed E-state index contributed by atoms with van der Waals surface area (Å²) in [5.74, 6) is -0.478. The number of nitrogens with one attached hydrogen (secondary N) is 1. The zero-order chi connectivity index (χ0) is 20.0. The number of pyridine rings is 1. The molecule has 1 saturated carbocycles. The molecule has 29 heavy (non-hydrogen) atoms. The number of benzene rings is 2. The van der Waals surface area contributed by atoms with Crippen molar-refractivity contribution in [1.82, 2.24) is 20.1 Å². The van der Waals surface area contributed by atoms with Crippen molar-refractivity contribution < 1.29 is 9.18 Å². The zero-order valence-electron chi connectivity index (χ0n) is 15.9. The lowest BCUT2D eigenvalue weighted by atomic mass is 10.0. The Morgan fingerprint density at radius 3 is 2.45 bits per heavy atom. The number of amides is 1. The second-order valence-electron chi connectivity index (χ2n) is 7.55. The molecular weight excluding hydrogens is 367 g/mol. The molecule has 0 bridgehead atoms. The van der Waals surface area contributed by atoms with E-state index in [4.69, 9.17) is 0 Å². The first-order chi connectivity index (χ1) is 14.1. The average Bonchev–Trinajstić information content (AvgIpc) is 3.38. The summed E-state index contributed by atoms with van der Waals surface area (Å²) >= 11 is 0. The fraction of sp³-hybridized carbons (Fsp3) is 0.174. The average molecular weight is 386 g/mol. The Hall–Kier alpha value is -3.54. The smallest absolute Gasteiger partial charge is 0.254 e. The van der Waals surface area contributed by atoms with Gasteiger partial charge in [0, 0.05) is 11.6 Å². The number of aromatic nitrogens is 3. The number of carbonyl (C=O) groups excluding carboxylic acids is 1. The van der Waals surface area contributed by atoms with Gasteiger partial charge in [0.2, 0.25) is 0 Å². The summed E-state index contributed by atoms with van der Waals surface area (Å²) in [5.41, 5.74) is 3.90. The predicted molar refractivity (Wildman–Crippen MR) is 108 cm³/mol. The molecule has 1 aliphatic rings. The van der Waals surface area contributed by atoms with Gasteiger partial charge in [-0.3, -0.25) is 9.78 Å². The molecule has 2 aromatic heterocycles. The first-order valence-electron chi connectivity index (χ1n) is 9.53. The minimum atomic E-state index is -0.311. The summed E-state index contributed by atoms with van der Waals surface area (Å²) in [6, 6.07) is 14.3. The molecule has 1 amide bonds. The van der Waals surface area contributed by atoms with Gasteiger partial charge in [-0.25, -0.2) is 9.07 Å². The molecule has 0 unspecified atom stereocenters. The number of fused-ring (bicyclic) bond motifs is 1. The van der Waals surface area contributed by atoms with Crippen LogP contribution in [0.25, 0.3) is 16.6 Å². The lowest BCUT2D eigenvalue weighted by molar-refractivity contribution is 0.0932. The summed E-state index contributed by atoms with van der Waals surface area (Å²) in [7, 11) is 0. The topological polar surface area (TPSA) is 59.8 Å². The molecule has 2 aromatic carbocycles.